The van der Waals surface area contributed by atoms with E-state index in [0.717, 1.165) is 16.9 Å². The molecule has 0 fully saturated rings. The fourth-order valence-electron chi connectivity index (χ4n) is 3.65. The molecule has 2 N–H and O–H groups in total. The van der Waals surface area contributed by atoms with Gasteiger partial charge in [-0.2, -0.15) is 0 Å². The van der Waals surface area contributed by atoms with Gasteiger partial charge in [0.2, 0.25) is 5.91 Å². The van der Waals surface area contributed by atoms with Crippen molar-refractivity contribution in [1.29, 1.82) is 0 Å². The maximum Gasteiger partial charge on any atom is 0.303 e. The summed E-state index contributed by atoms with van der Waals surface area (Å²) in [6, 6.07) is 12.5. The number of aliphatic carboxylic acids is 1. The highest BCUT2D eigenvalue weighted by molar-refractivity contribution is 5.95. The number of benzene rings is 2. The average molecular weight is 419 g/mol. The summed E-state index contributed by atoms with van der Waals surface area (Å²) in [6.45, 7) is 0.547. The third kappa shape index (κ3) is 4.18. The Balaban J connectivity index is 1.70. The second kappa shape index (κ2) is 8.43. The lowest BCUT2D eigenvalue weighted by Gasteiger charge is -2.09. The fraction of sp³-hybridized carbons (Fsp3) is 0.217. The fourth-order valence-corrected chi connectivity index (χ4v) is 3.65. The molecule has 0 saturated carbocycles. The van der Waals surface area contributed by atoms with E-state index in [2.05, 4.69) is 5.32 Å². The van der Waals surface area contributed by atoms with Crippen LogP contribution < -0.4 is 15.6 Å². The standard InChI is InChI=1S/C23H21N3O5/c1-31-19-5-3-2-4-14(19)12-15-10-11-26-22(15)25-18-13-16(6-7-17(18)23(26)30)24-20(27)8-9-21(28)29/h2-7,12-13H,8-11H2,1H3,(H,24,27)(H,28,29)/b15-12+. The number of rotatable bonds is 6. The zero-order valence-electron chi connectivity index (χ0n) is 16.9. The maximum atomic E-state index is 13.0. The molecule has 31 heavy (non-hydrogen) atoms. The molecule has 1 aliphatic heterocycles. The van der Waals surface area contributed by atoms with E-state index in [1.807, 2.05) is 30.3 Å². The number of nitrogens with one attached hydrogen (secondary N) is 1. The summed E-state index contributed by atoms with van der Waals surface area (Å²) in [5.41, 5.74) is 2.64. The third-order valence-corrected chi connectivity index (χ3v) is 5.17. The number of nitrogens with zero attached hydrogens (tertiary/aromatic N) is 2. The van der Waals surface area contributed by atoms with Gasteiger partial charge in [-0.15, -0.1) is 0 Å². The summed E-state index contributed by atoms with van der Waals surface area (Å²) in [4.78, 5) is 40.3. The van der Waals surface area contributed by atoms with E-state index in [0.29, 0.717) is 35.4 Å². The van der Waals surface area contributed by atoms with Gasteiger partial charge in [0.25, 0.3) is 5.56 Å². The van der Waals surface area contributed by atoms with Crippen LogP contribution in [0, 0.1) is 0 Å². The van der Waals surface area contributed by atoms with Crippen LogP contribution in [0.2, 0.25) is 0 Å². The van der Waals surface area contributed by atoms with Gasteiger partial charge in [-0.05, 0) is 42.3 Å². The molecule has 2 heterocycles. The van der Waals surface area contributed by atoms with Crippen molar-refractivity contribution in [2.75, 3.05) is 12.4 Å². The van der Waals surface area contributed by atoms with E-state index in [1.54, 1.807) is 29.9 Å². The normalized spacial score (nSPS) is 13.9. The molecule has 0 unspecified atom stereocenters. The number of methoxy groups -OCH3 is 1. The number of ether oxygens (including phenoxy) is 1. The highest BCUT2D eigenvalue weighted by Crippen LogP contribution is 2.30. The number of anilines is 1. The lowest BCUT2D eigenvalue weighted by molar-refractivity contribution is -0.138. The first-order valence-electron chi connectivity index (χ1n) is 9.86. The summed E-state index contributed by atoms with van der Waals surface area (Å²) >= 11 is 0. The number of carbonyl (C=O) groups excluding carboxylic acids is 1. The van der Waals surface area contributed by atoms with Crippen molar-refractivity contribution in [2.45, 2.75) is 25.8 Å². The Labute approximate surface area is 177 Å². The van der Waals surface area contributed by atoms with Crippen molar-refractivity contribution in [3.63, 3.8) is 0 Å². The summed E-state index contributed by atoms with van der Waals surface area (Å²) < 4.78 is 7.08. The Morgan fingerprint density at radius 3 is 2.81 bits per heavy atom. The molecule has 8 heteroatoms. The molecule has 1 aliphatic rings. The number of carboxylic acid groups (broad SMARTS) is 1. The van der Waals surface area contributed by atoms with Gasteiger partial charge in [-0.1, -0.05) is 18.2 Å². The number of aromatic nitrogens is 2. The largest absolute Gasteiger partial charge is 0.496 e. The van der Waals surface area contributed by atoms with Crippen molar-refractivity contribution >= 4 is 40.1 Å². The SMILES string of the molecule is COc1ccccc1/C=C1\CCn2c1nc1cc(NC(=O)CCC(=O)O)ccc1c2=O. The summed E-state index contributed by atoms with van der Waals surface area (Å²) in [5, 5.41) is 11.8. The molecule has 3 aromatic rings. The number of carbonyl (C=O) groups is 2. The van der Waals surface area contributed by atoms with E-state index in [4.69, 9.17) is 14.8 Å². The summed E-state index contributed by atoms with van der Waals surface area (Å²) in [5.74, 6) is -0.106. The molecule has 0 saturated heterocycles. The van der Waals surface area contributed by atoms with Crippen LogP contribution in [0.4, 0.5) is 5.69 Å². The molecule has 0 radical (unpaired) electrons. The van der Waals surface area contributed by atoms with Gasteiger partial charge in [0, 0.05) is 24.2 Å². The van der Waals surface area contributed by atoms with Crippen LogP contribution in [-0.4, -0.2) is 33.6 Å². The predicted molar refractivity (Wildman–Crippen MR) is 117 cm³/mol. The first-order valence-corrected chi connectivity index (χ1v) is 9.86. The van der Waals surface area contributed by atoms with Crippen molar-refractivity contribution in [2.24, 2.45) is 0 Å². The smallest absolute Gasteiger partial charge is 0.303 e. The molecule has 158 valence electrons. The molecule has 0 atom stereocenters. The van der Waals surface area contributed by atoms with Crippen molar-refractivity contribution in [3.05, 3.63) is 64.2 Å². The lowest BCUT2D eigenvalue weighted by atomic mass is 10.1. The highest BCUT2D eigenvalue weighted by atomic mass is 16.5. The topological polar surface area (TPSA) is 111 Å². The Morgan fingerprint density at radius 2 is 2.03 bits per heavy atom. The maximum absolute atomic E-state index is 13.0. The molecule has 1 aromatic heterocycles. The van der Waals surface area contributed by atoms with Gasteiger partial charge in [-0.3, -0.25) is 19.0 Å². The quantitative estimate of drug-likeness (QED) is 0.635. The van der Waals surface area contributed by atoms with Crippen LogP contribution in [-0.2, 0) is 16.1 Å². The zero-order chi connectivity index (χ0) is 22.0. The van der Waals surface area contributed by atoms with Gasteiger partial charge in [-0.25, -0.2) is 4.98 Å². The van der Waals surface area contributed by atoms with Crippen LogP contribution in [0.25, 0.3) is 22.6 Å². The minimum atomic E-state index is -1.03. The van der Waals surface area contributed by atoms with E-state index < -0.39 is 11.9 Å². The zero-order valence-corrected chi connectivity index (χ0v) is 16.9. The van der Waals surface area contributed by atoms with E-state index in [1.165, 1.54) is 0 Å². The summed E-state index contributed by atoms with van der Waals surface area (Å²) in [7, 11) is 1.61. The van der Waals surface area contributed by atoms with Crippen LogP contribution in [0.1, 0.15) is 30.7 Å². The van der Waals surface area contributed by atoms with Crippen molar-refractivity contribution < 1.29 is 19.4 Å². The Kier molecular flexibility index (Phi) is 5.53. The second-order valence-electron chi connectivity index (χ2n) is 7.23. The van der Waals surface area contributed by atoms with E-state index >= 15 is 0 Å². The van der Waals surface area contributed by atoms with Crippen LogP contribution in [0.3, 0.4) is 0 Å². The number of amides is 1. The lowest BCUT2D eigenvalue weighted by Crippen LogP contribution is -2.21. The Bertz CT molecular complexity index is 1280. The van der Waals surface area contributed by atoms with Crippen LogP contribution in [0.5, 0.6) is 5.75 Å². The molecule has 0 bridgehead atoms. The molecular formula is C23H21N3O5. The number of fused-ring (bicyclic) bond motifs is 2. The van der Waals surface area contributed by atoms with E-state index in [9.17, 15) is 14.4 Å². The molecule has 4 rings (SSSR count). The summed E-state index contributed by atoms with van der Waals surface area (Å²) in [6.07, 6.45) is 2.28. The average Bonchev–Trinajstić information content (AvgIpc) is 3.15. The number of carboxylic acids is 1. The number of allylic oxidation sites excluding steroid dienone is 1. The molecule has 0 spiro atoms. The first-order chi connectivity index (χ1) is 15.0. The van der Waals surface area contributed by atoms with Gasteiger partial charge >= 0.3 is 5.97 Å². The molecule has 8 nitrogen and oxygen atoms in total. The third-order valence-electron chi connectivity index (χ3n) is 5.17. The van der Waals surface area contributed by atoms with Crippen molar-refractivity contribution in [3.8, 4) is 5.75 Å². The van der Waals surface area contributed by atoms with E-state index in [-0.39, 0.29) is 18.4 Å². The molecule has 0 aliphatic carbocycles. The monoisotopic (exact) mass is 419 g/mol. The van der Waals surface area contributed by atoms with Crippen LogP contribution >= 0.6 is 0 Å². The van der Waals surface area contributed by atoms with Crippen LogP contribution in [0.15, 0.2) is 47.3 Å². The minimum Gasteiger partial charge on any atom is -0.496 e. The minimum absolute atomic E-state index is 0.126. The highest BCUT2D eigenvalue weighted by Gasteiger charge is 2.21. The van der Waals surface area contributed by atoms with Gasteiger partial charge in [0.05, 0.1) is 24.4 Å². The van der Waals surface area contributed by atoms with Gasteiger partial charge in [0.15, 0.2) is 0 Å². The number of hydrogen-bond acceptors (Lipinski definition) is 5. The Hall–Kier alpha value is -3.94. The van der Waals surface area contributed by atoms with Gasteiger partial charge < -0.3 is 15.2 Å². The Morgan fingerprint density at radius 1 is 1.23 bits per heavy atom. The second-order valence-corrected chi connectivity index (χ2v) is 7.23. The predicted octanol–water partition coefficient (Wildman–Crippen LogP) is 3.15. The first kappa shape index (κ1) is 20.3. The molecular weight excluding hydrogens is 398 g/mol. The van der Waals surface area contributed by atoms with Gasteiger partial charge in [0.1, 0.15) is 11.6 Å². The molecule has 2 aromatic carbocycles. The van der Waals surface area contributed by atoms with Crippen molar-refractivity contribution in [1.82, 2.24) is 9.55 Å². The molecule has 1 amide bonds. The number of para-hydroxylation sites is 1. The number of hydrogen-bond donors (Lipinski definition) is 2.